The molecule has 0 fully saturated rings. The lowest BCUT2D eigenvalue weighted by Crippen LogP contribution is -2.30. The molecule has 0 heterocycles. The van der Waals surface area contributed by atoms with Gasteiger partial charge in [0.1, 0.15) is 5.75 Å². The van der Waals surface area contributed by atoms with E-state index in [1.807, 2.05) is 6.92 Å². The summed E-state index contributed by atoms with van der Waals surface area (Å²) in [6, 6.07) is 5.73. The van der Waals surface area contributed by atoms with Crippen LogP contribution in [0.1, 0.15) is 24.9 Å². The summed E-state index contributed by atoms with van der Waals surface area (Å²) in [5.41, 5.74) is 0.693. The van der Waals surface area contributed by atoms with Gasteiger partial charge in [-0.2, -0.15) is 0 Å². The monoisotopic (exact) mass is 277 g/mol. The van der Waals surface area contributed by atoms with E-state index < -0.39 is 6.36 Å². The van der Waals surface area contributed by atoms with Crippen molar-refractivity contribution in [1.82, 2.24) is 5.32 Å². The van der Waals surface area contributed by atoms with Gasteiger partial charge >= 0.3 is 6.36 Å². The SMILES string of the molecule is CCC(OC)C(NC)c1cccc(OC(F)(F)F)c1. The van der Waals surface area contributed by atoms with Crippen molar-refractivity contribution in [3.8, 4) is 5.75 Å². The number of alkyl halides is 3. The van der Waals surface area contributed by atoms with Gasteiger partial charge in [0.25, 0.3) is 0 Å². The van der Waals surface area contributed by atoms with Gasteiger partial charge in [-0.1, -0.05) is 19.1 Å². The third-order valence-corrected chi connectivity index (χ3v) is 2.84. The van der Waals surface area contributed by atoms with Crippen molar-refractivity contribution >= 4 is 0 Å². The van der Waals surface area contributed by atoms with Crippen LogP contribution in [0.3, 0.4) is 0 Å². The van der Waals surface area contributed by atoms with Gasteiger partial charge < -0.3 is 14.8 Å². The van der Waals surface area contributed by atoms with Crippen LogP contribution in [0.25, 0.3) is 0 Å². The Bertz CT molecular complexity index is 392. The standard InChI is InChI=1S/C13H18F3NO2/c1-4-11(18-3)12(17-2)9-6-5-7-10(8-9)19-13(14,15)16/h5-8,11-12,17H,4H2,1-3H3. The molecule has 19 heavy (non-hydrogen) atoms. The van der Waals surface area contributed by atoms with E-state index in [-0.39, 0.29) is 17.9 Å². The summed E-state index contributed by atoms with van der Waals surface area (Å²) in [6.45, 7) is 1.95. The fourth-order valence-electron chi connectivity index (χ4n) is 2.01. The Morgan fingerprint density at radius 1 is 1.32 bits per heavy atom. The molecule has 0 saturated carbocycles. The van der Waals surface area contributed by atoms with Gasteiger partial charge in [0.05, 0.1) is 12.1 Å². The average molecular weight is 277 g/mol. The van der Waals surface area contributed by atoms with Crippen molar-refractivity contribution in [2.75, 3.05) is 14.2 Å². The Morgan fingerprint density at radius 3 is 2.47 bits per heavy atom. The first-order valence-electron chi connectivity index (χ1n) is 5.97. The van der Waals surface area contributed by atoms with E-state index in [9.17, 15) is 13.2 Å². The Hall–Kier alpha value is -1.27. The van der Waals surface area contributed by atoms with E-state index in [2.05, 4.69) is 10.1 Å². The van der Waals surface area contributed by atoms with Crippen LogP contribution < -0.4 is 10.1 Å². The number of nitrogens with one attached hydrogen (secondary N) is 1. The number of hydrogen-bond acceptors (Lipinski definition) is 3. The van der Waals surface area contributed by atoms with Crippen LogP contribution in [0.4, 0.5) is 13.2 Å². The Balaban J connectivity index is 2.96. The maximum Gasteiger partial charge on any atom is 0.573 e. The second-order valence-corrected chi connectivity index (χ2v) is 4.07. The topological polar surface area (TPSA) is 30.5 Å². The second-order valence-electron chi connectivity index (χ2n) is 4.07. The first kappa shape index (κ1) is 15.8. The molecule has 0 aliphatic carbocycles. The van der Waals surface area contributed by atoms with Crippen molar-refractivity contribution in [1.29, 1.82) is 0 Å². The largest absolute Gasteiger partial charge is 0.573 e. The summed E-state index contributed by atoms with van der Waals surface area (Å²) in [7, 11) is 3.32. The number of hydrogen-bond donors (Lipinski definition) is 1. The van der Waals surface area contributed by atoms with Crippen LogP contribution in [0.5, 0.6) is 5.75 Å². The molecule has 0 amide bonds. The molecule has 0 spiro atoms. The summed E-state index contributed by atoms with van der Waals surface area (Å²) in [6.07, 6.45) is -4.06. The molecule has 3 nitrogen and oxygen atoms in total. The van der Waals surface area contributed by atoms with Gasteiger partial charge in [-0.15, -0.1) is 13.2 Å². The summed E-state index contributed by atoms with van der Waals surface area (Å²) in [4.78, 5) is 0. The number of rotatable bonds is 6. The summed E-state index contributed by atoms with van der Waals surface area (Å²) >= 11 is 0. The fourth-order valence-corrected chi connectivity index (χ4v) is 2.01. The van der Waals surface area contributed by atoms with E-state index in [1.54, 1.807) is 20.2 Å². The zero-order valence-electron chi connectivity index (χ0n) is 11.1. The highest BCUT2D eigenvalue weighted by molar-refractivity contribution is 5.31. The Morgan fingerprint density at radius 2 is 2.00 bits per heavy atom. The molecule has 0 radical (unpaired) electrons. The van der Waals surface area contributed by atoms with Crippen molar-refractivity contribution in [3.63, 3.8) is 0 Å². The molecule has 1 N–H and O–H groups in total. The number of methoxy groups -OCH3 is 1. The number of benzene rings is 1. The van der Waals surface area contributed by atoms with Crippen LogP contribution in [-0.2, 0) is 4.74 Å². The van der Waals surface area contributed by atoms with E-state index in [0.29, 0.717) is 5.56 Å². The van der Waals surface area contributed by atoms with E-state index in [0.717, 1.165) is 6.42 Å². The molecule has 108 valence electrons. The average Bonchev–Trinajstić information content (AvgIpc) is 2.34. The lowest BCUT2D eigenvalue weighted by molar-refractivity contribution is -0.274. The molecule has 0 saturated heterocycles. The van der Waals surface area contributed by atoms with Crippen LogP contribution >= 0.6 is 0 Å². The third-order valence-electron chi connectivity index (χ3n) is 2.84. The van der Waals surface area contributed by atoms with Crippen molar-refractivity contribution in [2.24, 2.45) is 0 Å². The number of ether oxygens (including phenoxy) is 2. The highest BCUT2D eigenvalue weighted by atomic mass is 19.4. The molecule has 0 aliphatic rings. The molecule has 0 aromatic heterocycles. The first-order valence-corrected chi connectivity index (χ1v) is 5.97. The molecule has 1 aromatic rings. The normalized spacial score (nSPS) is 15.1. The third kappa shape index (κ3) is 4.72. The second kappa shape index (κ2) is 6.77. The maximum atomic E-state index is 12.2. The van der Waals surface area contributed by atoms with Crippen molar-refractivity contribution in [2.45, 2.75) is 31.9 Å². The van der Waals surface area contributed by atoms with Gasteiger partial charge in [0, 0.05) is 7.11 Å². The lowest BCUT2D eigenvalue weighted by Gasteiger charge is -2.25. The molecule has 2 atom stereocenters. The quantitative estimate of drug-likeness (QED) is 0.865. The smallest absolute Gasteiger partial charge is 0.406 e. The first-order chi connectivity index (χ1) is 8.91. The van der Waals surface area contributed by atoms with E-state index in [4.69, 9.17) is 4.74 Å². The van der Waals surface area contributed by atoms with Gasteiger partial charge in [-0.25, -0.2) is 0 Å². The summed E-state index contributed by atoms with van der Waals surface area (Å²) in [5.74, 6) is -0.226. The fraction of sp³-hybridized carbons (Fsp3) is 0.538. The molecule has 0 aliphatic heterocycles. The Kier molecular flexibility index (Phi) is 5.62. The van der Waals surface area contributed by atoms with Crippen LogP contribution in [0, 0.1) is 0 Å². The molecular weight excluding hydrogens is 259 g/mol. The zero-order valence-corrected chi connectivity index (χ0v) is 11.1. The molecule has 0 bridgehead atoms. The minimum atomic E-state index is -4.68. The number of likely N-dealkylation sites (N-methyl/N-ethyl adjacent to an activating group) is 1. The van der Waals surface area contributed by atoms with Gasteiger partial charge in [-0.05, 0) is 31.2 Å². The minimum Gasteiger partial charge on any atom is -0.406 e. The number of halogens is 3. The van der Waals surface area contributed by atoms with Crippen molar-refractivity contribution in [3.05, 3.63) is 29.8 Å². The van der Waals surface area contributed by atoms with E-state index in [1.165, 1.54) is 18.2 Å². The predicted molar refractivity (Wildman–Crippen MR) is 66.0 cm³/mol. The molecule has 6 heteroatoms. The van der Waals surface area contributed by atoms with Gasteiger partial charge in [0.15, 0.2) is 0 Å². The van der Waals surface area contributed by atoms with Crippen LogP contribution in [-0.4, -0.2) is 26.6 Å². The highest BCUT2D eigenvalue weighted by Crippen LogP contribution is 2.27. The molecule has 2 unspecified atom stereocenters. The molecular formula is C13H18F3NO2. The highest BCUT2D eigenvalue weighted by Gasteiger charge is 2.31. The maximum absolute atomic E-state index is 12.2. The molecule has 1 rings (SSSR count). The lowest BCUT2D eigenvalue weighted by atomic mass is 9.99. The van der Waals surface area contributed by atoms with Crippen LogP contribution in [0.2, 0.25) is 0 Å². The van der Waals surface area contributed by atoms with Gasteiger partial charge in [0.2, 0.25) is 0 Å². The minimum absolute atomic E-state index is 0.119. The van der Waals surface area contributed by atoms with Crippen LogP contribution in [0.15, 0.2) is 24.3 Å². The Labute approximate surface area is 110 Å². The summed E-state index contributed by atoms with van der Waals surface area (Å²) < 4.78 is 45.8. The van der Waals surface area contributed by atoms with E-state index >= 15 is 0 Å². The van der Waals surface area contributed by atoms with Crippen molar-refractivity contribution < 1.29 is 22.6 Å². The predicted octanol–water partition coefficient (Wildman–Crippen LogP) is 3.27. The zero-order chi connectivity index (χ0) is 14.5. The molecule has 1 aromatic carbocycles. The summed E-state index contributed by atoms with van der Waals surface area (Å²) in [5, 5.41) is 3.05. The van der Waals surface area contributed by atoms with Gasteiger partial charge in [-0.3, -0.25) is 0 Å².